The molecule has 7 heteroatoms. The molecule has 1 aliphatic rings. The van der Waals surface area contributed by atoms with Crippen molar-refractivity contribution in [1.29, 1.82) is 0 Å². The number of methoxy groups -OCH3 is 1. The first kappa shape index (κ1) is 16.5. The molecule has 1 heterocycles. The molecule has 0 saturated carbocycles. The Labute approximate surface area is 128 Å². The Kier molecular flexibility index (Phi) is 5.91. The van der Waals surface area contributed by atoms with Crippen LogP contribution in [0.4, 0.5) is 4.39 Å². The standard InChI is InChI=1S/C15H19FN4O2/c1-22-15(14(7-16)19-20-17)11-4-2-10(3-5-11)12-6-13(9-21)18-8-12/h2-6,13-15,18,21H,7-9H2,1H3/t13-,14-,15-/m1/s1. The molecule has 22 heavy (non-hydrogen) atoms. The van der Waals surface area contributed by atoms with Crippen molar-refractivity contribution in [2.24, 2.45) is 5.11 Å². The number of nitrogens with one attached hydrogen (secondary N) is 1. The van der Waals surface area contributed by atoms with Crippen molar-refractivity contribution < 1.29 is 14.2 Å². The van der Waals surface area contributed by atoms with E-state index in [-0.39, 0.29) is 12.6 Å². The summed E-state index contributed by atoms with van der Waals surface area (Å²) >= 11 is 0. The summed E-state index contributed by atoms with van der Waals surface area (Å²) in [6.07, 6.45) is 1.38. The predicted molar refractivity (Wildman–Crippen MR) is 82.0 cm³/mol. The Bertz CT molecular complexity index is 569. The molecule has 0 radical (unpaired) electrons. The number of hydrogen-bond acceptors (Lipinski definition) is 4. The number of azide groups is 1. The summed E-state index contributed by atoms with van der Waals surface area (Å²) in [7, 11) is 1.46. The Balaban J connectivity index is 2.18. The Morgan fingerprint density at radius 1 is 1.50 bits per heavy atom. The number of benzene rings is 1. The fourth-order valence-corrected chi connectivity index (χ4v) is 2.56. The zero-order valence-electron chi connectivity index (χ0n) is 12.3. The Morgan fingerprint density at radius 3 is 2.73 bits per heavy atom. The van der Waals surface area contributed by atoms with Crippen molar-refractivity contribution >= 4 is 5.57 Å². The number of aliphatic hydroxyl groups excluding tert-OH is 1. The third-order valence-corrected chi connectivity index (χ3v) is 3.73. The summed E-state index contributed by atoms with van der Waals surface area (Å²) in [5.41, 5.74) is 11.4. The van der Waals surface area contributed by atoms with E-state index < -0.39 is 18.8 Å². The van der Waals surface area contributed by atoms with Crippen LogP contribution in [0.5, 0.6) is 0 Å². The van der Waals surface area contributed by atoms with Crippen LogP contribution in [0, 0.1) is 0 Å². The number of aliphatic hydroxyl groups is 1. The summed E-state index contributed by atoms with van der Waals surface area (Å²) < 4.78 is 18.3. The van der Waals surface area contributed by atoms with Gasteiger partial charge in [-0.1, -0.05) is 35.5 Å². The number of rotatable bonds is 7. The van der Waals surface area contributed by atoms with Gasteiger partial charge in [0.05, 0.1) is 18.8 Å². The Morgan fingerprint density at radius 2 is 2.23 bits per heavy atom. The van der Waals surface area contributed by atoms with Gasteiger partial charge in [-0.2, -0.15) is 0 Å². The number of halogens is 1. The van der Waals surface area contributed by atoms with Gasteiger partial charge in [-0.05, 0) is 22.2 Å². The minimum absolute atomic E-state index is 0.0118. The van der Waals surface area contributed by atoms with Crippen molar-refractivity contribution in [1.82, 2.24) is 5.32 Å². The van der Waals surface area contributed by atoms with Crippen LogP contribution in [0.2, 0.25) is 0 Å². The van der Waals surface area contributed by atoms with Gasteiger partial charge in [-0.25, -0.2) is 0 Å². The average Bonchev–Trinajstić information content (AvgIpc) is 3.04. The zero-order valence-corrected chi connectivity index (χ0v) is 12.3. The SMILES string of the molecule is CO[C@H](c1ccc(C2=C[C@H](CO)NC2)cc1)[C@@H](CF)N=[N+]=[N-]. The van der Waals surface area contributed by atoms with Crippen LogP contribution in [-0.4, -0.2) is 44.1 Å². The minimum Gasteiger partial charge on any atom is -0.394 e. The highest BCUT2D eigenvalue weighted by molar-refractivity contribution is 5.69. The summed E-state index contributed by atoms with van der Waals surface area (Å²) in [6.45, 7) is -0.0145. The van der Waals surface area contributed by atoms with E-state index in [1.54, 1.807) is 0 Å². The largest absolute Gasteiger partial charge is 0.394 e. The lowest BCUT2D eigenvalue weighted by Gasteiger charge is -2.20. The zero-order chi connectivity index (χ0) is 15.9. The van der Waals surface area contributed by atoms with E-state index in [4.69, 9.17) is 15.4 Å². The summed E-state index contributed by atoms with van der Waals surface area (Å²) in [5, 5.41) is 15.7. The lowest BCUT2D eigenvalue weighted by molar-refractivity contribution is 0.0722. The molecule has 1 aromatic rings. The molecule has 0 aliphatic carbocycles. The molecule has 1 aromatic carbocycles. The van der Waals surface area contributed by atoms with Gasteiger partial charge >= 0.3 is 0 Å². The first-order chi connectivity index (χ1) is 10.7. The van der Waals surface area contributed by atoms with Crippen LogP contribution < -0.4 is 5.32 Å². The van der Waals surface area contributed by atoms with E-state index >= 15 is 0 Å². The van der Waals surface area contributed by atoms with E-state index in [9.17, 15) is 4.39 Å². The van der Waals surface area contributed by atoms with Gasteiger partial charge in [0, 0.05) is 24.6 Å². The molecule has 6 nitrogen and oxygen atoms in total. The van der Waals surface area contributed by atoms with Gasteiger partial charge in [-0.3, -0.25) is 4.39 Å². The molecule has 1 aliphatic heterocycles. The van der Waals surface area contributed by atoms with Gasteiger partial charge in [0.2, 0.25) is 0 Å². The molecule has 0 unspecified atom stereocenters. The van der Waals surface area contributed by atoms with Crippen molar-refractivity contribution in [3.63, 3.8) is 0 Å². The highest BCUT2D eigenvalue weighted by Gasteiger charge is 2.22. The normalized spacial score (nSPS) is 20.1. The van der Waals surface area contributed by atoms with Crippen molar-refractivity contribution in [3.8, 4) is 0 Å². The second-order valence-corrected chi connectivity index (χ2v) is 5.07. The quantitative estimate of drug-likeness (QED) is 0.460. The molecule has 2 rings (SSSR count). The maximum absolute atomic E-state index is 13.0. The lowest BCUT2D eigenvalue weighted by Crippen LogP contribution is -2.25. The van der Waals surface area contributed by atoms with Gasteiger partial charge in [0.15, 0.2) is 0 Å². The van der Waals surface area contributed by atoms with Gasteiger partial charge < -0.3 is 15.2 Å². The molecule has 0 amide bonds. The van der Waals surface area contributed by atoms with Crippen molar-refractivity contribution in [2.75, 3.05) is 26.9 Å². The molecule has 2 N–H and O–H groups in total. The molecular formula is C15H19FN4O2. The van der Waals surface area contributed by atoms with Crippen LogP contribution in [0.15, 0.2) is 35.5 Å². The predicted octanol–water partition coefficient (Wildman–Crippen LogP) is 2.37. The molecule has 118 valence electrons. The lowest BCUT2D eigenvalue weighted by atomic mass is 9.99. The van der Waals surface area contributed by atoms with Crippen LogP contribution in [0.1, 0.15) is 17.2 Å². The van der Waals surface area contributed by atoms with Crippen LogP contribution >= 0.6 is 0 Å². The second-order valence-electron chi connectivity index (χ2n) is 5.07. The molecule has 0 fully saturated rings. The van der Waals surface area contributed by atoms with E-state index in [2.05, 4.69) is 15.3 Å². The van der Waals surface area contributed by atoms with Crippen LogP contribution in [0.3, 0.4) is 0 Å². The number of hydrogen-bond donors (Lipinski definition) is 2. The van der Waals surface area contributed by atoms with E-state index in [1.807, 2.05) is 30.3 Å². The maximum Gasteiger partial charge on any atom is 0.101 e. The first-order valence-electron chi connectivity index (χ1n) is 7.01. The van der Waals surface area contributed by atoms with Gasteiger partial charge in [0.25, 0.3) is 0 Å². The molecule has 0 saturated heterocycles. The highest BCUT2D eigenvalue weighted by Crippen LogP contribution is 2.26. The topological polar surface area (TPSA) is 90.2 Å². The fourth-order valence-electron chi connectivity index (χ4n) is 2.56. The van der Waals surface area contributed by atoms with Crippen molar-refractivity contribution in [2.45, 2.75) is 18.2 Å². The summed E-state index contributed by atoms with van der Waals surface area (Å²) in [4.78, 5) is 2.66. The van der Waals surface area contributed by atoms with Crippen LogP contribution in [-0.2, 0) is 4.74 Å². The third kappa shape index (κ3) is 3.64. The third-order valence-electron chi connectivity index (χ3n) is 3.73. The number of nitrogens with zero attached hydrogens (tertiary/aromatic N) is 3. The van der Waals surface area contributed by atoms with Crippen LogP contribution in [0.25, 0.3) is 16.0 Å². The summed E-state index contributed by atoms with van der Waals surface area (Å²) in [6, 6.07) is 6.62. The van der Waals surface area contributed by atoms with Gasteiger partial charge in [0.1, 0.15) is 6.67 Å². The average molecular weight is 306 g/mol. The van der Waals surface area contributed by atoms with Gasteiger partial charge in [-0.15, -0.1) is 0 Å². The van der Waals surface area contributed by atoms with E-state index in [0.29, 0.717) is 6.54 Å². The molecule has 0 spiro atoms. The fraction of sp³-hybridized carbons (Fsp3) is 0.467. The molecule has 3 atom stereocenters. The highest BCUT2D eigenvalue weighted by atomic mass is 19.1. The maximum atomic E-state index is 13.0. The molecular weight excluding hydrogens is 287 g/mol. The monoisotopic (exact) mass is 306 g/mol. The molecule has 0 aromatic heterocycles. The van der Waals surface area contributed by atoms with Crippen molar-refractivity contribution in [3.05, 3.63) is 51.9 Å². The summed E-state index contributed by atoms with van der Waals surface area (Å²) in [5.74, 6) is 0. The second kappa shape index (κ2) is 7.91. The number of ether oxygens (including phenoxy) is 1. The Hall–Kier alpha value is -1.92. The van der Waals surface area contributed by atoms with E-state index in [0.717, 1.165) is 16.7 Å². The smallest absolute Gasteiger partial charge is 0.101 e. The van der Waals surface area contributed by atoms with E-state index in [1.165, 1.54) is 7.11 Å². The number of alkyl halides is 1. The minimum atomic E-state index is -0.882. The molecule has 0 bridgehead atoms. The first-order valence-corrected chi connectivity index (χ1v) is 7.01.